The second-order valence-corrected chi connectivity index (χ2v) is 5.53. The standard InChI is InChI=1S/C16H12BrN3/c17-14-8-4-7-12-13-9-10-18-19-16(13)20(15(12)14)11-5-2-1-3-6-11/h1-10,18-19H. The molecule has 0 unspecified atom stereocenters. The summed E-state index contributed by atoms with van der Waals surface area (Å²) in [7, 11) is 0. The van der Waals surface area contributed by atoms with E-state index >= 15 is 0 Å². The monoisotopic (exact) mass is 325 g/mol. The van der Waals surface area contributed by atoms with E-state index in [9.17, 15) is 0 Å². The van der Waals surface area contributed by atoms with Crippen molar-refractivity contribution in [1.82, 2.24) is 9.99 Å². The molecule has 4 rings (SSSR count). The minimum absolute atomic E-state index is 1.06. The molecular weight excluding hydrogens is 314 g/mol. The lowest BCUT2D eigenvalue weighted by Gasteiger charge is -2.16. The molecule has 0 amide bonds. The van der Waals surface area contributed by atoms with Crippen LogP contribution in [0, 0.1) is 0 Å². The predicted molar refractivity (Wildman–Crippen MR) is 86.8 cm³/mol. The Kier molecular flexibility index (Phi) is 2.57. The van der Waals surface area contributed by atoms with Gasteiger partial charge in [-0.25, -0.2) is 0 Å². The predicted octanol–water partition coefficient (Wildman–Crippen LogP) is 4.29. The molecule has 0 fully saturated rings. The Morgan fingerprint density at radius 1 is 0.950 bits per heavy atom. The number of nitrogens with zero attached hydrogens (tertiary/aromatic N) is 1. The highest BCUT2D eigenvalue weighted by Gasteiger charge is 2.19. The van der Waals surface area contributed by atoms with Crippen LogP contribution in [0.4, 0.5) is 5.82 Å². The summed E-state index contributed by atoms with van der Waals surface area (Å²) < 4.78 is 3.31. The van der Waals surface area contributed by atoms with Crippen LogP contribution in [0.1, 0.15) is 5.56 Å². The molecule has 2 heterocycles. The van der Waals surface area contributed by atoms with Crippen LogP contribution in [0.3, 0.4) is 0 Å². The van der Waals surface area contributed by atoms with E-state index in [1.807, 2.05) is 12.3 Å². The number of nitrogens with one attached hydrogen (secondary N) is 2. The summed E-state index contributed by atoms with van der Waals surface area (Å²) in [6, 6.07) is 16.6. The fourth-order valence-corrected chi connectivity index (χ4v) is 3.23. The van der Waals surface area contributed by atoms with Crippen LogP contribution in [-0.4, -0.2) is 4.57 Å². The van der Waals surface area contributed by atoms with Gasteiger partial charge in [0.1, 0.15) is 5.82 Å². The van der Waals surface area contributed by atoms with Gasteiger partial charge in [0.05, 0.1) is 5.52 Å². The molecule has 0 atom stereocenters. The van der Waals surface area contributed by atoms with Gasteiger partial charge in [0.15, 0.2) is 0 Å². The van der Waals surface area contributed by atoms with Crippen LogP contribution in [0.25, 0.3) is 22.7 Å². The Balaban J connectivity index is 2.17. The summed E-state index contributed by atoms with van der Waals surface area (Å²) in [6.45, 7) is 0. The highest BCUT2D eigenvalue weighted by Crippen LogP contribution is 2.38. The largest absolute Gasteiger partial charge is 0.307 e. The van der Waals surface area contributed by atoms with E-state index in [0.29, 0.717) is 0 Å². The van der Waals surface area contributed by atoms with Crippen LogP contribution >= 0.6 is 15.9 Å². The lowest BCUT2D eigenvalue weighted by molar-refractivity contribution is 0.988. The smallest absolute Gasteiger partial charge is 0.137 e. The van der Waals surface area contributed by atoms with Gasteiger partial charge in [-0.3, -0.25) is 9.99 Å². The Morgan fingerprint density at radius 2 is 1.80 bits per heavy atom. The molecule has 0 radical (unpaired) electrons. The maximum Gasteiger partial charge on any atom is 0.137 e. The summed E-state index contributed by atoms with van der Waals surface area (Å²) in [4.78, 5) is 0. The molecule has 1 aliphatic heterocycles. The van der Waals surface area contributed by atoms with Crippen molar-refractivity contribution in [3.63, 3.8) is 0 Å². The highest BCUT2D eigenvalue weighted by atomic mass is 79.9. The zero-order valence-corrected chi connectivity index (χ0v) is 12.2. The average molecular weight is 326 g/mol. The summed E-state index contributed by atoms with van der Waals surface area (Å²) >= 11 is 3.68. The van der Waals surface area contributed by atoms with Gasteiger partial charge in [-0.2, -0.15) is 0 Å². The first-order valence-electron chi connectivity index (χ1n) is 6.43. The van der Waals surface area contributed by atoms with Crippen molar-refractivity contribution in [3.8, 4) is 5.69 Å². The number of para-hydroxylation sites is 2. The second-order valence-electron chi connectivity index (χ2n) is 4.67. The van der Waals surface area contributed by atoms with Gasteiger partial charge >= 0.3 is 0 Å². The zero-order chi connectivity index (χ0) is 13.5. The lowest BCUT2D eigenvalue weighted by atomic mass is 10.1. The summed E-state index contributed by atoms with van der Waals surface area (Å²) in [5.41, 5.74) is 9.82. The van der Waals surface area contributed by atoms with Gasteiger partial charge in [0, 0.05) is 27.3 Å². The quantitative estimate of drug-likeness (QED) is 0.698. The maximum atomic E-state index is 3.68. The van der Waals surface area contributed by atoms with Crippen LogP contribution < -0.4 is 10.9 Å². The third kappa shape index (κ3) is 1.58. The van der Waals surface area contributed by atoms with Gasteiger partial charge in [-0.1, -0.05) is 30.3 Å². The number of halogens is 1. The number of rotatable bonds is 1. The molecule has 0 saturated heterocycles. The topological polar surface area (TPSA) is 29.0 Å². The average Bonchev–Trinajstić information content (AvgIpc) is 2.84. The second kappa shape index (κ2) is 4.42. The number of aromatic nitrogens is 1. The Hall–Kier alpha value is -2.20. The van der Waals surface area contributed by atoms with Crippen LogP contribution in [-0.2, 0) is 0 Å². The SMILES string of the molecule is Brc1cccc2c3c(n(-c4ccccc4)c12)NNC=C3. The van der Waals surface area contributed by atoms with Crippen molar-refractivity contribution in [3.05, 3.63) is 64.8 Å². The van der Waals surface area contributed by atoms with E-state index in [1.54, 1.807) is 0 Å². The molecule has 0 aliphatic carbocycles. The zero-order valence-electron chi connectivity index (χ0n) is 10.6. The van der Waals surface area contributed by atoms with E-state index in [1.165, 1.54) is 16.5 Å². The van der Waals surface area contributed by atoms with E-state index in [0.717, 1.165) is 16.0 Å². The molecule has 0 spiro atoms. The molecule has 2 aromatic carbocycles. The molecular formula is C16H12BrN3. The normalized spacial score (nSPS) is 12.8. The fraction of sp³-hybridized carbons (Fsp3) is 0. The number of anilines is 1. The Labute approximate surface area is 125 Å². The van der Waals surface area contributed by atoms with E-state index in [-0.39, 0.29) is 0 Å². The molecule has 2 N–H and O–H groups in total. The molecule has 1 aliphatic rings. The summed E-state index contributed by atoms with van der Waals surface area (Å²) in [6.07, 6.45) is 4.01. The van der Waals surface area contributed by atoms with Crippen LogP contribution in [0.5, 0.6) is 0 Å². The van der Waals surface area contributed by atoms with E-state index in [4.69, 9.17) is 0 Å². The third-order valence-electron chi connectivity index (χ3n) is 3.52. The maximum absolute atomic E-state index is 3.68. The molecule has 20 heavy (non-hydrogen) atoms. The van der Waals surface area contributed by atoms with Crippen LogP contribution in [0.2, 0.25) is 0 Å². The van der Waals surface area contributed by atoms with Crippen LogP contribution in [0.15, 0.2) is 59.2 Å². The first kappa shape index (κ1) is 11.6. The molecule has 0 bridgehead atoms. The van der Waals surface area contributed by atoms with Gasteiger partial charge < -0.3 is 5.43 Å². The molecule has 98 valence electrons. The molecule has 1 aromatic heterocycles. The minimum atomic E-state index is 1.06. The van der Waals surface area contributed by atoms with E-state index < -0.39 is 0 Å². The van der Waals surface area contributed by atoms with Gasteiger partial charge in [-0.15, -0.1) is 0 Å². The van der Waals surface area contributed by atoms with E-state index in [2.05, 4.69) is 79.9 Å². The molecule has 0 saturated carbocycles. The van der Waals surface area contributed by atoms with Crippen molar-refractivity contribution < 1.29 is 0 Å². The van der Waals surface area contributed by atoms with Crippen molar-refractivity contribution in [2.75, 3.05) is 5.43 Å². The number of hydrogen-bond donors (Lipinski definition) is 2. The first-order valence-corrected chi connectivity index (χ1v) is 7.22. The number of fused-ring (bicyclic) bond motifs is 3. The van der Waals surface area contributed by atoms with Crippen molar-refractivity contribution >= 4 is 38.7 Å². The lowest BCUT2D eigenvalue weighted by Crippen LogP contribution is -2.20. The van der Waals surface area contributed by atoms with Crippen molar-refractivity contribution in [2.24, 2.45) is 0 Å². The Morgan fingerprint density at radius 3 is 2.65 bits per heavy atom. The number of hydrazine groups is 1. The molecule has 4 heteroatoms. The number of hydrogen-bond acceptors (Lipinski definition) is 2. The highest BCUT2D eigenvalue weighted by molar-refractivity contribution is 9.10. The van der Waals surface area contributed by atoms with Crippen molar-refractivity contribution in [1.29, 1.82) is 0 Å². The first-order chi connectivity index (χ1) is 9.86. The Bertz CT molecular complexity index is 819. The van der Waals surface area contributed by atoms with Gasteiger partial charge in [0.25, 0.3) is 0 Å². The number of benzene rings is 2. The van der Waals surface area contributed by atoms with Crippen molar-refractivity contribution in [2.45, 2.75) is 0 Å². The fourth-order valence-electron chi connectivity index (χ4n) is 2.68. The molecule has 3 aromatic rings. The summed E-state index contributed by atoms with van der Waals surface area (Å²) in [5.74, 6) is 1.06. The molecule has 3 nitrogen and oxygen atoms in total. The third-order valence-corrected chi connectivity index (χ3v) is 4.16. The summed E-state index contributed by atoms with van der Waals surface area (Å²) in [5, 5.41) is 1.23. The van der Waals surface area contributed by atoms with Gasteiger partial charge in [0.2, 0.25) is 0 Å². The van der Waals surface area contributed by atoms with Gasteiger partial charge in [-0.05, 0) is 40.2 Å². The minimum Gasteiger partial charge on any atom is -0.307 e.